The molecule has 0 bridgehead atoms. The number of aryl methyl sites for hydroxylation is 4. The molecule has 2 heterocycles. The van der Waals surface area contributed by atoms with Gasteiger partial charge < -0.3 is 22.1 Å². The average Bonchev–Trinajstić information content (AvgIpc) is 2.84. The van der Waals surface area contributed by atoms with Gasteiger partial charge in [-0.3, -0.25) is 19.6 Å². The van der Waals surface area contributed by atoms with Crippen molar-refractivity contribution in [2.75, 3.05) is 26.2 Å². The number of nitrogens with two attached hydrogens (primary N) is 2. The molecule has 0 aliphatic rings. The van der Waals surface area contributed by atoms with E-state index in [1.807, 2.05) is 18.5 Å². The first-order valence-electron chi connectivity index (χ1n) is 11.3. The van der Waals surface area contributed by atoms with Crippen LogP contribution < -0.4 is 22.1 Å². The molecule has 176 valence electrons. The van der Waals surface area contributed by atoms with E-state index in [1.165, 1.54) is 11.1 Å². The van der Waals surface area contributed by atoms with Crippen LogP contribution in [0.3, 0.4) is 0 Å². The fraction of sp³-hybridized carbons (Fsp3) is 0.500. The van der Waals surface area contributed by atoms with Crippen LogP contribution in [-0.2, 0) is 35.3 Å². The van der Waals surface area contributed by atoms with Gasteiger partial charge in [0.15, 0.2) is 0 Å². The molecular weight excluding hydrogens is 404 g/mol. The third-order valence-electron chi connectivity index (χ3n) is 4.79. The van der Waals surface area contributed by atoms with Crippen molar-refractivity contribution < 1.29 is 9.59 Å². The van der Waals surface area contributed by atoms with Crippen molar-refractivity contribution in [3.8, 4) is 0 Å². The summed E-state index contributed by atoms with van der Waals surface area (Å²) in [6.45, 7) is 2.86. The number of amides is 2. The molecule has 0 aliphatic carbocycles. The van der Waals surface area contributed by atoms with E-state index in [0.717, 1.165) is 75.8 Å². The molecule has 0 fully saturated rings. The summed E-state index contributed by atoms with van der Waals surface area (Å²) < 4.78 is 0. The molecule has 0 saturated heterocycles. The minimum atomic E-state index is 0.685. The minimum Gasteiger partial charge on any atom is -0.359 e. The molecule has 2 amide bonds. The minimum absolute atomic E-state index is 0.685. The lowest BCUT2D eigenvalue weighted by Crippen LogP contribution is -2.13. The van der Waals surface area contributed by atoms with Crippen LogP contribution in [0, 0.1) is 0 Å². The number of carbonyl (C=O) groups is 2. The number of aromatic nitrogens is 2. The third-order valence-corrected chi connectivity index (χ3v) is 4.79. The molecule has 0 atom stereocenters. The lowest BCUT2D eigenvalue weighted by Gasteiger charge is -2.03. The summed E-state index contributed by atoms with van der Waals surface area (Å²) in [5.74, 6) is 0. The number of pyridine rings is 2. The van der Waals surface area contributed by atoms with Gasteiger partial charge in [0.25, 0.3) is 0 Å². The molecule has 0 saturated carbocycles. The highest BCUT2D eigenvalue weighted by Crippen LogP contribution is 2.05. The predicted molar refractivity (Wildman–Crippen MR) is 128 cm³/mol. The number of nitrogens with one attached hydrogen (secondary N) is 2. The van der Waals surface area contributed by atoms with Crippen molar-refractivity contribution >= 4 is 12.8 Å². The first kappa shape index (κ1) is 27.2. The Morgan fingerprint density at radius 1 is 0.656 bits per heavy atom. The Morgan fingerprint density at radius 2 is 1.09 bits per heavy atom. The van der Waals surface area contributed by atoms with Crippen molar-refractivity contribution in [3.05, 3.63) is 59.2 Å². The Balaban J connectivity index is 0.000000330. The Kier molecular flexibility index (Phi) is 16.1. The maximum absolute atomic E-state index is 10.1. The predicted octanol–water partition coefficient (Wildman–Crippen LogP) is 1.30. The third kappa shape index (κ3) is 13.5. The van der Waals surface area contributed by atoms with Gasteiger partial charge in [-0.15, -0.1) is 0 Å². The Hall–Kier alpha value is -2.84. The maximum atomic E-state index is 10.1. The van der Waals surface area contributed by atoms with E-state index < -0.39 is 0 Å². The average molecular weight is 443 g/mol. The van der Waals surface area contributed by atoms with Crippen molar-refractivity contribution in [1.29, 1.82) is 0 Å². The topological polar surface area (TPSA) is 136 Å². The van der Waals surface area contributed by atoms with Gasteiger partial charge in [-0.2, -0.15) is 0 Å². The molecule has 6 N–H and O–H groups in total. The van der Waals surface area contributed by atoms with Gasteiger partial charge >= 0.3 is 0 Å². The van der Waals surface area contributed by atoms with Gasteiger partial charge in [-0.1, -0.05) is 12.1 Å². The van der Waals surface area contributed by atoms with Gasteiger partial charge in [-0.25, -0.2) is 0 Å². The molecule has 0 aromatic carbocycles. The molecule has 0 aliphatic heterocycles. The second kappa shape index (κ2) is 18.9. The van der Waals surface area contributed by atoms with Crippen LogP contribution in [0.2, 0.25) is 0 Å². The zero-order chi connectivity index (χ0) is 23.3. The molecular formula is C24H38N6O2. The lowest BCUT2D eigenvalue weighted by atomic mass is 10.1. The second-order valence-corrected chi connectivity index (χ2v) is 7.45. The summed E-state index contributed by atoms with van der Waals surface area (Å²) in [5.41, 5.74) is 15.5. The van der Waals surface area contributed by atoms with E-state index in [1.54, 1.807) is 0 Å². The molecule has 2 aromatic rings. The summed E-state index contributed by atoms with van der Waals surface area (Å²) in [6, 6.07) is 8.30. The van der Waals surface area contributed by atoms with Gasteiger partial charge in [0.2, 0.25) is 12.8 Å². The largest absolute Gasteiger partial charge is 0.359 e. The number of nitrogens with zero attached hydrogens (tertiary/aromatic N) is 2. The van der Waals surface area contributed by atoms with Crippen molar-refractivity contribution in [1.82, 2.24) is 20.6 Å². The van der Waals surface area contributed by atoms with Crippen LogP contribution in [-0.4, -0.2) is 49.0 Å². The molecule has 8 nitrogen and oxygen atoms in total. The zero-order valence-electron chi connectivity index (χ0n) is 19.0. The first-order valence-corrected chi connectivity index (χ1v) is 11.3. The number of carbonyl (C=O) groups excluding carboxylic acids is 2. The molecule has 2 rings (SSSR count). The van der Waals surface area contributed by atoms with E-state index in [-0.39, 0.29) is 0 Å². The number of rotatable bonds is 16. The van der Waals surface area contributed by atoms with Crippen molar-refractivity contribution in [3.63, 3.8) is 0 Å². The molecule has 2 aromatic heterocycles. The quantitative estimate of drug-likeness (QED) is 0.229. The molecule has 8 heteroatoms. The Labute approximate surface area is 191 Å². The van der Waals surface area contributed by atoms with Gasteiger partial charge in [0, 0.05) is 36.9 Å². The SMILES string of the molecule is NCCCc1ccc(CCCN)nc1.O=CNCCCc1ccc(CCCNC=O)nc1. The van der Waals surface area contributed by atoms with E-state index in [4.69, 9.17) is 11.5 Å². The van der Waals surface area contributed by atoms with Gasteiger partial charge in [0.1, 0.15) is 0 Å². The van der Waals surface area contributed by atoms with Crippen LogP contribution in [0.1, 0.15) is 48.2 Å². The fourth-order valence-electron chi connectivity index (χ4n) is 2.98. The standard InChI is InChI=1S/C13H19N3O2.C11H19N3/c17-10-14-7-1-3-12-5-6-13(16-9-12)4-2-8-15-11-18;12-7-1-3-10-5-6-11(14-9-10)4-2-8-13/h5-6,9-11H,1-4,7-8H2,(H,14,17)(H,15,18);5-6,9H,1-4,7-8,12-13H2. The van der Waals surface area contributed by atoms with Crippen LogP contribution in [0.25, 0.3) is 0 Å². The number of hydrogen-bond donors (Lipinski definition) is 4. The highest BCUT2D eigenvalue weighted by atomic mass is 16.1. The number of hydrogen-bond acceptors (Lipinski definition) is 6. The molecule has 0 unspecified atom stereocenters. The summed E-state index contributed by atoms with van der Waals surface area (Å²) in [5, 5.41) is 5.26. The highest BCUT2D eigenvalue weighted by Gasteiger charge is 1.98. The van der Waals surface area contributed by atoms with Gasteiger partial charge in [-0.05, 0) is 87.7 Å². The van der Waals surface area contributed by atoms with Crippen LogP contribution >= 0.6 is 0 Å². The summed E-state index contributed by atoms with van der Waals surface area (Å²) in [7, 11) is 0. The summed E-state index contributed by atoms with van der Waals surface area (Å²) >= 11 is 0. The highest BCUT2D eigenvalue weighted by molar-refractivity contribution is 5.45. The van der Waals surface area contributed by atoms with Crippen molar-refractivity contribution in [2.45, 2.75) is 51.4 Å². The van der Waals surface area contributed by atoms with Crippen LogP contribution in [0.4, 0.5) is 0 Å². The molecule has 0 spiro atoms. The smallest absolute Gasteiger partial charge is 0.207 e. The van der Waals surface area contributed by atoms with Crippen LogP contribution in [0.5, 0.6) is 0 Å². The van der Waals surface area contributed by atoms with E-state index in [2.05, 4.69) is 38.8 Å². The van der Waals surface area contributed by atoms with E-state index in [0.29, 0.717) is 25.9 Å². The van der Waals surface area contributed by atoms with Gasteiger partial charge in [0.05, 0.1) is 0 Å². The zero-order valence-corrected chi connectivity index (χ0v) is 19.0. The monoisotopic (exact) mass is 442 g/mol. The van der Waals surface area contributed by atoms with Crippen LogP contribution in [0.15, 0.2) is 36.7 Å². The molecule has 0 radical (unpaired) electrons. The Bertz CT molecular complexity index is 660. The Morgan fingerprint density at radius 3 is 1.53 bits per heavy atom. The maximum Gasteiger partial charge on any atom is 0.207 e. The fourth-order valence-corrected chi connectivity index (χ4v) is 2.98. The van der Waals surface area contributed by atoms with E-state index in [9.17, 15) is 9.59 Å². The summed E-state index contributed by atoms with van der Waals surface area (Å²) in [6.07, 6.45) is 12.9. The first-order chi connectivity index (χ1) is 15.7. The molecule has 32 heavy (non-hydrogen) atoms. The normalized spacial score (nSPS) is 10.1. The second-order valence-electron chi connectivity index (χ2n) is 7.45. The summed E-state index contributed by atoms with van der Waals surface area (Å²) in [4.78, 5) is 28.9. The van der Waals surface area contributed by atoms with E-state index >= 15 is 0 Å². The lowest BCUT2D eigenvalue weighted by molar-refractivity contribution is -0.110. The van der Waals surface area contributed by atoms with Crippen molar-refractivity contribution in [2.24, 2.45) is 11.5 Å².